The van der Waals surface area contributed by atoms with Gasteiger partial charge in [-0.05, 0) is 30.5 Å². The summed E-state index contributed by atoms with van der Waals surface area (Å²) in [7, 11) is 0. The van der Waals surface area contributed by atoms with Crippen LogP contribution in [0.5, 0.6) is 0 Å². The second-order valence-corrected chi connectivity index (χ2v) is 3.29. The highest BCUT2D eigenvalue weighted by Gasteiger charge is 2.18. The third-order valence-corrected chi connectivity index (χ3v) is 2.34. The van der Waals surface area contributed by atoms with Crippen LogP contribution in [0.25, 0.3) is 0 Å². The number of hydrogen-bond acceptors (Lipinski definition) is 3. The number of nitrogens with two attached hydrogens (primary N) is 1. The molecule has 0 aliphatic carbocycles. The van der Waals surface area contributed by atoms with Gasteiger partial charge in [0.1, 0.15) is 0 Å². The fraction of sp³-hybridized carbons (Fsp3) is 0.500. The number of aromatic nitrogens is 1. The third kappa shape index (κ3) is 1.87. The van der Waals surface area contributed by atoms with Gasteiger partial charge in [0, 0.05) is 19.3 Å². The Bertz CT molecular complexity index is 282. The van der Waals surface area contributed by atoms with Crippen molar-refractivity contribution in [3.63, 3.8) is 0 Å². The lowest BCUT2D eigenvalue weighted by Gasteiger charge is -2.09. The molecule has 70 valence electrons. The first-order valence-electron chi connectivity index (χ1n) is 4.66. The van der Waals surface area contributed by atoms with Crippen molar-refractivity contribution in [1.82, 2.24) is 4.98 Å². The molecule has 0 amide bonds. The zero-order valence-corrected chi connectivity index (χ0v) is 7.57. The van der Waals surface area contributed by atoms with Crippen molar-refractivity contribution in [2.24, 2.45) is 5.73 Å². The molecule has 0 radical (unpaired) electrons. The van der Waals surface area contributed by atoms with Crippen molar-refractivity contribution < 1.29 is 4.74 Å². The highest BCUT2D eigenvalue weighted by molar-refractivity contribution is 5.18. The molecule has 3 nitrogen and oxygen atoms in total. The standard InChI is InChI=1S/C10H14N2O/c11-7-8-3-4-12-9(6-8)10-2-1-5-13-10/h3-4,6,10H,1-2,5,7,11H2. The molecule has 1 aromatic rings. The van der Waals surface area contributed by atoms with E-state index in [0.717, 1.165) is 30.7 Å². The van der Waals surface area contributed by atoms with Gasteiger partial charge in [0.2, 0.25) is 0 Å². The van der Waals surface area contributed by atoms with Gasteiger partial charge in [0.05, 0.1) is 11.8 Å². The number of nitrogens with zero attached hydrogens (tertiary/aromatic N) is 1. The first-order valence-corrected chi connectivity index (χ1v) is 4.66. The predicted molar refractivity (Wildman–Crippen MR) is 50.1 cm³/mol. The van der Waals surface area contributed by atoms with E-state index in [9.17, 15) is 0 Å². The quantitative estimate of drug-likeness (QED) is 0.744. The van der Waals surface area contributed by atoms with E-state index in [1.807, 2.05) is 12.1 Å². The maximum absolute atomic E-state index is 5.55. The van der Waals surface area contributed by atoms with Crippen LogP contribution in [0.2, 0.25) is 0 Å². The largest absolute Gasteiger partial charge is 0.372 e. The Labute approximate surface area is 77.9 Å². The van der Waals surface area contributed by atoms with E-state index >= 15 is 0 Å². The molecule has 1 atom stereocenters. The Morgan fingerprint density at radius 3 is 3.23 bits per heavy atom. The van der Waals surface area contributed by atoms with Crippen LogP contribution in [0, 0.1) is 0 Å². The number of ether oxygens (including phenoxy) is 1. The van der Waals surface area contributed by atoms with Crippen LogP contribution in [0.1, 0.15) is 30.2 Å². The van der Waals surface area contributed by atoms with Gasteiger partial charge in [0.15, 0.2) is 0 Å². The van der Waals surface area contributed by atoms with Gasteiger partial charge >= 0.3 is 0 Å². The molecule has 2 rings (SSSR count). The van der Waals surface area contributed by atoms with Crippen LogP contribution in [0.15, 0.2) is 18.3 Å². The maximum Gasteiger partial charge on any atom is 0.0995 e. The zero-order valence-electron chi connectivity index (χ0n) is 7.57. The highest BCUT2D eigenvalue weighted by atomic mass is 16.5. The Hall–Kier alpha value is -0.930. The molecule has 0 bridgehead atoms. The lowest BCUT2D eigenvalue weighted by atomic mass is 10.1. The van der Waals surface area contributed by atoms with E-state index in [1.165, 1.54) is 0 Å². The summed E-state index contributed by atoms with van der Waals surface area (Å²) in [6.45, 7) is 1.43. The second-order valence-electron chi connectivity index (χ2n) is 3.29. The molecule has 0 spiro atoms. The number of pyridine rings is 1. The fourth-order valence-electron chi connectivity index (χ4n) is 1.61. The van der Waals surface area contributed by atoms with E-state index in [4.69, 9.17) is 10.5 Å². The molecule has 1 fully saturated rings. The van der Waals surface area contributed by atoms with E-state index < -0.39 is 0 Å². The maximum atomic E-state index is 5.55. The molecular weight excluding hydrogens is 164 g/mol. The Balaban J connectivity index is 2.18. The molecular formula is C10H14N2O. The summed E-state index contributed by atoms with van der Waals surface area (Å²) >= 11 is 0. The molecule has 13 heavy (non-hydrogen) atoms. The molecule has 1 aromatic heterocycles. The minimum atomic E-state index is 0.200. The number of hydrogen-bond donors (Lipinski definition) is 1. The van der Waals surface area contributed by atoms with Crippen LogP contribution in [-0.4, -0.2) is 11.6 Å². The minimum Gasteiger partial charge on any atom is -0.372 e. The molecule has 3 heteroatoms. The first-order chi connectivity index (χ1) is 6.40. The summed E-state index contributed by atoms with van der Waals surface area (Å²) in [6.07, 6.45) is 4.23. The van der Waals surface area contributed by atoms with Gasteiger partial charge in [-0.25, -0.2) is 0 Å². The lowest BCUT2D eigenvalue weighted by Crippen LogP contribution is -2.02. The van der Waals surface area contributed by atoms with Gasteiger partial charge in [0.25, 0.3) is 0 Å². The van der Waals surface area contributed by atoms with E-state index in [2.05, 4.69) is 4.98 Å². The fourth-order valence-corrected chi connectivity index (χ4v) is 1.61. The normalized spacial score (nSPS) is 22.1. The highest BCUT2D eigenvalue weighted by Crippen LogP contribution is 2.26. The Morgan fingerprint density at radius 2 is 2.54 bits per heavy atom. The molecule has 0 aromatic carbocycles. The molecule has 1 aliphatic heterocycles. The van der Waals surface area contributed by atoms with Crippen molar-refractivity contribution in [2.75, 3.05) is 6.61 Å². The summed E-state index contributed by atoms with van der Waals surface area (Å²) < 4.78 is 5.54. The summed E-state index contributed by atoms with van der Waals surface area (Å²) in [5.74, 6) is 0. The summed E-state index contributed by atoms with van der Waals surface area (Å²) in [6, 6.07) is 3.98. The van der Waals surface area contributed by atoms with Gasteiger partial charge in [-0.2, -0.15) is 0 Å². The van der Waals surface area contributed by atoms with E-state index in [1.54, 1.807) is 6.20 Å². The molecule has 1 unspecified atom stereocenters. The van der Waals surface area contributed by atoms with Crippen LogP contribution in [0.3, 0.4) is 0 Å². The molecule has 1 aliphatic rings. The average molecular weight is 178 g/mol. The van der Waals surface area contributed by atoms with E-state index in [0.29, 0.717) is 6.54 Å². The molecule has 2 heterocycles. The van der Waals surface area contributed by atoms with Crippen molar-refractivity contribution >= 4 is 0 Å². The Kier molecular flexibility index (Phi) is 2.57. The number of rotatable bonds is 2. The minimum absolute atomic E-state index is 0.200. The predicted octanol–water partition coefficient (Wildman–Crippen LogP) is 1.39. The molecule has 1 saturated heterocycles. The summed E-state index contributed by atoms with van der Waals surface area (Å²) in [5.41, 5.74) is 7.70. The van der Waals surface area contributed by atoms with Crippen LogP contribution < -0.4 is 5.73 Å². The van der Waals surface area contributed by atoms with Crippen LogP contribution >= 0.6 is 0 Å². The van der Waals surface area contributed by atoms with Crippen molar-refractivity contribution in [2.45, 2.75) is 25.5 Å². The van der Waals surface area contributed by atoms with Gasteiger partial charge in [-0.1, -0.05) is 0 Å². The van der Waals surface area contributed by atoms with Gasteiger partial charge in [-0.15, -0.1) is 0 Å². The van der Waals surface area contributed by atoms with Gasteiger partial charge in [-0.3, -0.25) is 4.98 Å². The SMILES string of the molecule is NCc1ccnc(C2CCCO2)c1. The summed E-state index contributed by atoms with van der Waals surface area (Å²) in [4.78, 5) is 4.29. The van der Waals surface area contributed by atoms with Gasteiger partial charge < -0.3 is 10.5 Å². The average Bonchev–Trinajstić information content (AvgIpc) is 2.71. The van der Waals surface area contributed by atoms with Crippen molar-refractivity contribution in [3.8, 4) is 0 Å². The van der Waals surface area contributed by atoms with E-state index in [-0.39, 0.29) is 6.10 Å². The topological polar surface area (TPSA) is 48.1 Å². The second kappa shape index (κ2) is 3.85. The monoisotopic (exact) mass is 178 g/mol. The molecule has 2 N–H and O–H groups in total. The third-order valence-electron chi connectivity index (χ3n) is 2.34. The van der Waals surface area contributed by atoms with Crippen molar-refractivity contribution in [1.29, 1.82) is 0 Å². The van der Waals surface area contributed by atoms with Crippen LogP contribution in [-0.2, 0) is 11.3 Å². The smallest absolute Gasteiger partial charge is 0.0995 e. The summed E-state index contributed by atoms with van der Waals surface area (Å²) in [5, 5.41) is 0. The van der Waals surface area contributed by atoms with Crippen molar-refractivity contribution in [3.05, 3.63) is 29.6 Å². The Morgan fingerprint density at radius 1 is 1.62 bits per heavy atom. The molecule has 0 saturated carbocycles. The van der Waals surface area contributed by atoms with Crippen LogP contribution in [0.4, 0.5) is 0 Å². The lowest BCUT2D eigenvalue weighted by molar-refractivity contribution is 0.108. The first kappa shape index (κ1) is 8.66. The zero-order chi connectivity index (χ0) is 9.10.